The van der Waals surface area contributed by atoms with E-state index >= 15 is 0 Å². The predicted octanol–water partition coefficient (Wildman–Crippen LogP) is 3.44. The van der Waals surface area contributed by atoms with E-state index in [0.717, 1.165) is 22.0 Å². The van der Waals surface area contributed by atoms with Crippen molar-refractivity contribution in [2.75, 3.05) is 11.4 Å². The van der Waals surface area contributed by atoms with Crippen molar-refractivity contribution in [3.8, 4) is 0 Å². The molecule has 2 amide bonds. The number of nitrogens with zero attached hydrogens (tertiary/aromatic N) is 3. The molecule has 174 valence electrons. The van der Waals surface area contributed by atoms with Gasteiger partial charge in [-0.3, -0.25) is 9.59 Å². The third-order valence-corrected chi connectivity index (χ3v) is 5.91. The Labute approximate surface area is 202 Å². The maximum Gasteiger partial charge on any atom is 0.272 e. The van der Waals surface area contributed by atoms with Gasteiger partial charge in [0.25, 0.3) is 11.8 Å². The molecule has 35 heavy (non-hydrogen) atoms. The number of carbonyl (C=O) groups is 2. The second-order valence-electron chi connectivity index (χ2n) is 8.30. The first-order valence-corrected chi connectivity index (χ1v) is 11.2. The van der Waals surface area contributed by atoms with Crippen molar-refractivity contribution in [3.05, 3.63) is 102 Å². The third-order valence-electron chi connectivity index (χ3n) is 5.91. The molecule has 8 heteroatoms. The number of carbonyl (C=O) groups excluding carboxylic acids is 2. The molecule has 0 saturated carbocycles. The monoisotopic (exact) mass is 464 g/mol. The highest BCUT2D eigenvalue weighted by molar-refractivity contribution is 6.21. The number of hydrogen-bond acceptors (Lipinski definition) is 5. The molecule has 0 fully saturated rings. The van der Waals surface area contributed by atoms with Crippen LogP contribution in [0.2, 0.25) is 0 Å². The number of para-hydroxylation sites is 2. The van der Waals surface area contributed by atoms with Gasteiger partial charge in [0, 0.05) is 22.0 Å². The summed E-state index contributed by atoms with van der Waals surface area (Å²) in [6, 6.07) is 26.5. The minimum atomic E-state index is -1.15. The summed E-state index contributed by atoms with van der Waals surface area (Å²) in [6.07, 6.45) is -1.15. The standard InChI is InChI=1S/C27H24N6O2/c1-17(32-28)16-33-23-14-8-6-12-20(23)24(18-9-3-2-4-10-18)30-25(27(33)35)31-26(34)22-15-19-11-5-7-13-21(19)29-22/h2-15,25,29H,16,28H2,1H3,(H,31,34)/t25-/m1/s1. The first-order chi connectivity index (χ1) is 17.0. The van der Waals surface area contributed by atoms with E-state index in [2.05, 4.69) is 15.4 Å². The maximum absolute atomic E-state index is 13.8. The number of benzodiazepines with no additional fused rings is 1. The summed E-state index contributed by atoms with van der Waals surface area (Å²) in [4.78, 5) is 36.4. The van der Waals surface area contributed by atoms with E-state index in [1.165, 1.54) is 0 Å². The Morgan fingerprint density at radius 2 is 1.77 bits per heavy atom. The van der Waals surface area contributed by atoms with E-state index in [0.29, 0.717) is 22.8 Å². The fourth-order valence-electron chi connectivity index (χ4n) is 4.18. The van der Waals surface area contributed by atoms with E-state index in [9.17, 15) is 9.59 Å². The number of hydrogen-bond donors (Lipinski definition) is 3. The smallest absolute Gasteiger partial charge is 0.272 e. The highest BCUT2D eigenvalue weighted by Gasteiger charge is 2.33. The van der Waals surface area contributed by atoms with Crippen molar-refractivity contribution < 1.29 is 9.59 Å². The van der Waals surface area contributed by atoms with Gasteiger partial charge in [-0.1, -0.05) is 66.7 Å². The molecule has 4 aromatic rings. The summed E-state index contributed by atoms with van der Waals surface area (Å²) in [5.41, 5.74) is 4.65. The van der Waals surface area contributed by atoms with Gasteiger partial charge < -0.3 is 21.0 Å². The molecular weight excluding hydrogens is 440 g/mol. The zero-order chi connectivity index (χ0) is 24.4. The number of H-pyrrole nitrogens is 1. The summed E-state index contributed by atoms with van der Waals surface area (Å²) >= 11 is 0. The van der Waals surface area contributed by atoms with Crippen molar-refractivity contribution in [1.82, 2.24) is 10.3 Å². The molecule has 0 saturated heterocycles. The van der Waals surface area contributed by atoms with Gasteiger partial charge in [0.15, 0.2) is 0 Å². The van der Waals surface area contributed by atoms with E-state index in [4.69, 9.17) is 10.8 Å². The summed E-state index contributed by atoms with van der Waals surface area (Å²) in [5, 5.41) is 7.48. The predicted molar refractivity (Wildman–Crippen MR) is 138 cm³/mol. The molecule has 3 aromatic carbocycles. The zero-order valence-corrected chi connectivity index (χ0v) is 19.1. The van der Waals surface area contributed by atoms with Crippen LogP contribution in [0.25, 0.3) is 10.9 Å². The van der Waals surface area contributed by atoms with Gasteiger partial charge in [0.2, 0.25) is 6.17 Å². The number of fused-ring (bicyclic) bond motifs is 2. The number of anilines is 1. The molecule has 1 aliphatic rings. The Morgan fingerprint density at radius 1 is 1.06 bits per heavy atom. The summed E-state index contributed by atoms with van der Waals surface area (Å²) in [6.45, 7) is 1.92. The highest BCUT2D eigenvalue weighted by Crippen LogP contribution is 2.28. The highest BCUT2D eigenvalue weighted by atomic mass is 16.2. The Morgan fingerprint density at radius 3 is 2.54 bits per heavy atom. The van der Waals surface area contributed by atoms with Crippen LogP contribution in [0, 0.1) is 0 Å². The van der Waals surface area contributed by atoms with Crippen molar-refractivity contribution >= 4 is 39.8 Å². The topological polar surface area (TPSA) is 116 Å². The molecule has 5 rings (SSSR count). The molecule has 1 aromatic heterocycles. The lowest BCUT2D eigenvalue weighted by atomic mass is 10.00. The second-order valence-corrected chi connectivity index (χ2v) is 8.30. The molecule has 8 nitrogen and oxygen atoms in total. The molecule has 4 N–H and O–H groups in total. The number of hydrazone groups is 1. The van der Waals surface area contributed by atoms with Crippen LogP contribution in [0.3, 0.4) is 0 Å². The molecule has 0 radical (unpaired) electrons. The normalized spacial score (nSPS) is 16.0. The van der Waals surface area contributed by atoms with Crippen LogP contribution in [0.5, 0.6) is 0 Å². The molecule has 0 bridgehead atoms. The molecule has 0 spiro atoms. The molecule has 0 unspecified atom stereocenters. The lowest BCUT2D eigenvalue weighted by Crippen LogP contribution is -2.48. The van der Waals surface area contributed by atoms with Gasteiger partial charge in [0.1, 0.15) is 5.69 Å². The van der Waals surface area contributed by atoms with Crippen LogP contribution < -0.4 is 16.1 Å². The molecular formula is C27H24N6O2. The number of nitrogens with two attached hydrogens (primary N) is 1. The van der Waals surface area contributed by atoms with Crippen molar-refractivity contribution in [2.45, 2.75) is 13.1 Å². The first-order valence-electron chi connectivity index (χ1n) is 11.2. The van der Waals surface area contributed by atoms with Crippen LogP contribution in [0.1, 0.15) is 28.5 Å². The van der Waals surface area contributed by atoms with Crippen LogP contribution in [-0.4, -0.2) is 40.9 Å². The van der Waals surface area contributed by atoms with Gasteiger partial charge in [-0.25, -0.2) is 4.99 Å². The minimum Gasteiger partial charge on any atom is -0.351 e. The lowest BCUT2D eigenvalue weighted by molar-refractivity contribution is -0.120. The quantitative estimate of drug-likeness (QED) is 0.239. The minimum absolute atomic E-state index is 0.169. The van der Waals surface area contributed by atoms with Crippen molar-refractivity contribution in [2.24, 2.45) is 15.9 Å². The zero-order valence-electron chi connectivity index (χ0n) is 19.1. The van der Waals surface area contributed by atoms with Crippen LogP contribution >= 0.6 is 0 Å². The van der Waals surface area contributed by atoms with Crippen LogP contribution in [-0.2, 0) is 4.79 Å². The van der Waals surface area contributed by atoms with E-state index < -0.39 is 12.1 Å². The Bertz CT molecular complexity index is 1440. The number of aromatic nitrogens is 1. The van der Waals surface area contributed by atoms with Gasteiger partial charge in [-0.15, -0.1) is 0 Å². The molecule has 0 aliphatic carbocycles. The Balaban J connectivity index is 1.59. The number of nitrogens with one attached hydrogen (secondary N) is 2. The fourth-order valence-corrected chi connectivity index (χ4v) is 4.18. The summed E-state index contributed by atoms with van der Waals surface area (Å²) in [7, 11) is 0. The number of aromatic amines is 1. The third kappa shape index (κ3) is 4.29. The average Bonchev–Trinajstić information content (AvgIpc) is 3.30. The SMILES string of the molecule is CC(CN1C(=O)[C@@H](NC(=O)c2cc3ccccc3[nH]2)N=C(c2ccccc2)c2ccccc21)=NN. The second kappa shape index (κ2) is 9.26. The average molecular weight is 465 g/mol. The lowest BCUT2D eigenvalue weighted by Gasteiger charge is -2.25. The van der Waals surface area contributed by atoms with Crippen molar-refractivity contribution in [1.29, 1.82) is 0 Å². The Hall–Kier alpha value is -4.72. The number of rotatable bonds is 5. The Kier molecular flexibility index (Phi) is 5.85. The number of amides is 2. The molecule has 2 heterocycles. The van der Waals surface area contributed by atoms with E-state index in [-0.39, 0.29) is 12.5 Å². The van der Waals surface area contributed by atoms with Gasteiger partial charge in [-0.2, -0.15) is 5.10 Å². The number of aliphatic imine (C=N–C) groups is 1. The largest absolute Gasteiger partial charge is 0.351 e. The molecule has 1 aliphatic heterocycles. The van der Waals surface area contributed by atoms with Crippen LogP contribution in [0.15, 0.2) is 95.0 Å². The maximum atomic E-state index is 13.8. The first kappa shape index (κ1) is 22.1. The summed E-state index contributed by atoms with van der Waals surface area (Å²) < 4.78 is 0. The van der Waals surface area contributed by atoms with Crippen LogP contribution in [0.4, 0.5) is 5.69 Å². The number of benzene rings is 3. The van der Waals surface area contributed by atoms with Gasteiger partial charge >= 0.3 is 0 Å². The van der Waals surface area contributed by atoms with Gasteiger partial charge in [0.05, 0.1) is 23.7 Å². The van der Waals surface area contributed by atoms with E-state index in [1.54, 1.807) is 17.9 Å². The summed E-state index contributed by atoms with van der Waals surface area (Å²) in [5.74, 6) is 4.68. The van der Waals surface area contributed by atoms with E-state index in [1.807, 2.05) is 78.9 Å². The van der Waals surface area contributed by atoms with Crippen molar-refractivity contribution in [3.63, 3.8) is 0 Å². The molecule has 1 atom stereocenters. The van der Waals surface area contributed by atoms with Gasteiger partial charge in [-0.05, 0) is 25.1 Å². The fraction of sp³-hybridized carbons (Fsp3) is 0.111.